The molecule has 0 atom stereocenters. The molecule has 0 radical (unpaired) electrons. The lowest BCUT2D eigenvalue weighted by atomic mass is 10.0. The van der Waals surface area contributed by atoms with Gasteiger partial charge in [-0.2, -0.15) is 26.3 Å². The zero-order chi connectivity index (χ0) is 16.5. The summed E-state index contributed by atoms with van der Waals surface area (Å²) in [6, 6.07) is 0. The van der Waals surface area contributed by atoms with Gasteiger partial charge in [0.05, 0.1) is 11.8 Å². The van der Waals surface area contributed by atoms with Crippen molar-refractivity contribution < 1.29 is 36.2 Å². The molecular formula is C12H13F6NO2. The minimum Gasteiger partial charge on any atom is -0.481 e. The normalized spacial score (nSPS) is 21.6. The summed E-state index contributed by atoms with van der Waals surface area (Å²) in [5, 5.41) is 8.15. The van der Waals surface area contributed by atoms with E-state index in [1.807, 2.05) is 0 Å². The van der Waals surface area contributed by atoms with E-state index in [4.69, 9.17) is 11.7 Å². The average molecular weight is 317 g/mol. The van der Waals surface area contributed by atoms with Gasteiger partial charge in [-0.25, -0.2) is 6.57 Å². The Hall–Kier alpha value is -1.46. The Kier molecular flexibility index (Phi) is 4.51. The Balaban J connectivity index is 0.000000211. The van der Waals surface area contributed by atoms with Gasteiger partial charge in [0.25, 0.3) is 0 Å². The third-order valence-electron chi connectivity index (χ3n) is 3.78. The fourth-order valence-corrected chi connectivity index (χ4v) is 1.83. The van der Waals surface area contributed by atoms with Crippen LogP contribution in [0.2, 0.25) is 0 Å². The second-order valence-corrected chi connectivity index (χ2v) is 5.44. The van der Waals surface area contributed by atoms with Gasteiger partial charge >= 0.3 is 18.3 Å². The van der Waals surface area contributed by atoms with E-state index in [1.165, 1.54) is 0 Å². The van der Waals surface area contributed by atoms with Crippen molar-refractivity contribution >= 4 is 5.97 Å². The number of hydrogen-bond acceptors (Lipinski definition) is 1. The Morgan fingerprint density at radius 3 is 1.48 bits per heavy atom. The Bertz CT molecular complexity index is 440. The fraction of sp³-hybridized carbons (Fsp3) is 0.833. The van der Waals surface area contributed by atoms with Crippen molar-refractivity contribution in [2.24, 2.45) is 10.8 Å². The molecule has 0 saturated heterocycles. The highest BCUT2D eigenvalue weighted by Gasteiger charge is 2.66. The first kappa shape index (κ1) is 17.6. The van der Waals surface area contributed by atoms with Gasteiger partial charge in [0.15, 0.2) is 0 Å². The van der Waals surface area contributed by atoms with Crippen LogP contribution in [0.4, 0.5) is 26.3 Å². The molecule has 21 heavy (non-hydrogen) atoms. The van der Waals surface area contributed by atoms with E-state index < -0.39 is 42.1 Å². The highest BCUT2D eigenvalue weighted by molar-refractivity contribution is 5.68. The summed E-state index contributed by atoms with van der Waals surface area (Å²) in [6.45, 7) is 5.91. The fourth-order valence-electron chi connectivity index (χ4n) is 1.83. The summed E-state index contributed by atoms with van der Waals surface area (Å²) in [6.07, 6.45) is -9.08. The number of carboxylic acids is 1. The zero-order valence-corrected chi connectivity index (χ0v) is 10.8. The SMILES string of the molecule is O=C(O)CC1(C(F)(F)F)CC1.[C-]#[N+]CC1(C(F)(F)F)CC1. The van der Waals surface area contributed by atoms with Gasteiger partial charge in [-0.3, -0.25) is 4.79 Å². The minimum absolute atomic E-state index is 0.0389. The average Bonchev–Trinajstić information content (AvgIpc) is 3.10. The second kappa shape index (κ2) is 5.39. The monoisotopic (exact) mass is 317 g/mol. The number of alkyl halides is 6. The molecule has 0 unspecified atom stereocenters. The molecule has 1 N–H and O–H groups in total. The number of halogens is 6. The molecule has 3 nitrogen and oxygen atoms in total. The predicted octanol–water partition coefficient (Wildman–Crippen LogP) is 4.05. The van der Waals surface area contributed by atoms with Crippen LogP contribution in [-0.4, -0.2) is 30.0 Å². The van der Waals surface area contributed by atoms with Crippen molar-refractivity contribution in [3.8, 4) is 0 Å². The molecule has 2 fully saturated rings. The minimum atomic E-state index is -4.34. The van der Waals surface area contributed by atoms with Gasteiger partial charge in [-0.05, 0) is 25.7 Å². The van der Waals surface area contributed by atoms with Crippen LogP contribution in [-0.2, 0) is 4.79 Å². The van der Waals surface area contributed by atoms with E-state index in [9.17, 15) is 31.1 Å². The predicted molar refractivity (Wildman–Crippen MR) is 59.2 cm³/mol. The Morgan fingerprint density at radius 1 is 1.00 bits per heavy atom. The van der Waals surface area contributed by atoms with Crippen molar-refractivity contribution in [2.45, 2.75) is 44.5 Å². The van der Waals surface area contributed by atoms with Gasteiger partial charge in [0.1, 0.15) is 5.41 Å². The molecule has 0 aliphatic heterocycles. The van der Waals surface area contributed by atoms with Crippen LogP contribution >= 0.6 is 0 Å². The van der Waals surface area contributed by atoms with Crippen molar-refractivity contribution in [1.82, 2.24) is 0 Å². The third-order valence-corrected chi connectivity index (χ3v) is 3.78. The molecular weight excluding hydrogens is 304 g/mol. The molecule has 0 aromatic heterocycles. The molecule has 0 aromatic carbocycles. The molecule has 0 bridgehead atoms. The van der Waals surface area contributed by atoms with E-state index >= 15 is 0 Å². The number of carbonyl (C=O) groups is 1. The van der Waals surface area contributed by atoms with Crippen LogP contribution in [0.1, 0.15) is 32.1 Å². The topological polar surface area (TPSA) is 41.7 Å². The third kappa shape index (κ3) is 4.02. The summed E-state index contributed by atoms with van der Waals surface area (Å²) in [5.41, 5.74) is -3.51. The van der Waals surface area contributed by atoms with Crippen molar-refractivity contribution in [2.75, 3.05) is 6.54 Å². The summed E-state index contributed by atoms with van der Waals surface area (Å²) in [7, 11) is 0. The van der Waals surface area contributed by atoms with Crippen LogP contribution in [0, 0.1) is 17.4 Å². The van der Waals surface area contributed by atoms with Crippen LogP contribution in [0.25, 0.3) is 4.85 Å². The summed E-state index contributed by atoms with van der Waals surface area (Å²) >= 11 is 0. The maximum Gasteiger partial charge on any atom is 0.401 e. The molecule has 2 rings (SSSR count). The van der Waals surface area contributed by atoms with E-state index in [2.05, 4.69) is 4.85 Å². The lowest BCUT2D eigenvalue weighted by Crippen LogP contribution is -2.27. The number of carboxylic acid groups (broad SMARTS) is 1. The van der Waals surface area contributed by atoms with Crippen molar-refractivity contribution in [3.63, 3.8) is 0 Å². The number of nitrogens with zero attached hydrogens (tertiary/aromatic N) is 1. The number of rotatable bonds is 3. The van der Waals surface area contributed by atoms with Gasteiger partial charge in [0.2, 0.25) is 6.54 Å². The van der Waals surface area contributed by atoms with Crippen molar-refractivity contribution in [1.29, 1.82) is 0 Å². The van der Waals surface area contributed by atoms with E-state index in [0.29, 0.717) is 0 Å². The van der Waals surface area contributed by atoms with Gasteiger partial charge < -0.3 is 9.95 Å². The maximum absolute atomic E-state index is 12.0. The Morgan fingerprint density at radius 2 is 1.38 bits per heavy atom. The van der Waals surface area contributed by atoms with E-state index in [0.717, 1.165) is 0 Å². The Labute approximate surface area is 116 Å². The summed E-state index contributed by atoms with van der Waals surface area (Å²) in [4.78, 5) is 12.8. The van der Waals surface area contributed by atoms with Crippen LogP contribution in [0.5, 0.6) is 0 Å². The number of aliphatic carboxylic acids is 1. The molecule has 0 amide bonds. The quantitative estimate of drug-likeness (QED) is 0.630. The molecule has 120 valence electrons. The molecule has 2 aliphatic rings. The lowest BCUT2D eigenvalue weighted by molar-refractivity contribution is -0.193. The van der Waals surface area contributed by atoms with E-state index in [-0.39, 0.29) is 25.7 Å². The number of hydrogen-bond donors (Lipinski definition) is 1. The van der Waals surface area contributed by atoms with Gasteiger partial charge in [0, 0.05) is 0 Å². The van der Waals surface area contributed by atoms with Gasteiger partial charge in [-0.1, -0.05) is 0 Å². The summed E-state index contributed by atoms with van der Waals surface area (Å²) in [5.74, 6) is -1.38. The molecule has 9 heteroatoms. The standard InChI is InChI=1S/C6H6F3N.C6H7F3O2/c1-10-4-5(2-3-5)6(7,8)9;7-6(8,9)5(1-2-5)3-4(10)11/h2-4H2;1-3H2,(H,10,11). The van der Waals surface area contributed by atoms with Crippen LogP contribution < -0.4 is 0 Å². The van der Waals surface area contributed by atoms with Crippen molar-refractivity contribution in [3.05, 3.63) is 11.4 Å². The molecule has 0 aromatic rings. The second-order valence-electron chi connectivity index (χ2n) is 5.44. The first-order valence-corrected chi connectivity index (χ1v) is 6.08. The van der Waals surface area contributed by atoms with Crippen LogP contribution in [0.15, 0.2) is 0 Å². The molecule has 2 aliphatic carbocycles. The van der Waals surface area contributed by atoms with Crippen LogP contribution in [0.3, 0.4) is 0 Å². The lowest BCUT2D eigenvalue weighted by Gasteiger charge is -2.15. The summed E-state index contributed by atoms with van der Waals surface area (Å²) < 4.78 is 71.8. The van der Waals surface area contributed by atoms with Gasteiger partial charge in [-0.15, -0.1) is 0 Å². The highest BCUT2D eigenvalue weighted by Crippen LogP contribution is 2.60. The molecule has 0 spiro atoms. The maximum atomic E-state index is 12.0. The largest absolute Gasteiger partial charge is 0.481 e. The first-order valence-electron chi connectivity index (χ1n) is 6.08. The molecule has 2 saturated carbocycles. The van der Waals surface area contributed by atoms with E-state index in [1.54, 1.807) is 0 Å². The first-order chi connectivity index (χ1) is 9.39. The highest BCUT2D eigenvalue weighted by atomic mass is 19.4. The zero-order valence-electron chi connectivity index (χ0n) is 10.8. The molecule has 0 heterocycles. The smallest absolute Gasteiger partial charge is 0.401 e.